The van der Waals surface area contributed by atoms with Crippen molar-refractivity contribution in [2.75, 3.05) is 37.4 Å². The summed E-state index contributed by atoms with van der Waals surface area (Å²) in [5, 5.41) is 25.5. The van der Waals surface area contributed by atoms with E-state index in [1.54, 1.807) is 18.3 Å². The van der Waals surface area contributed by atoms with E-state index >= 15 is 0 Å². The molecule has 0 aliphatic carbocycles. The molecule has 4 heterocycles. The molecular formula is C30H33N7O4. The predicted octanol–water partition coefficient (Wildman–Crippen LogP) is 4.63. The van der Waals surface area contributed by atoms with Crippen LogP contribution in [0.25, 0.3) is 11.5 Å². The Morgan fingerprint density at radius 3 is 2.63 bits per heavy atom. The number of benzene rings is 2. The van der Waals surface area contributed by atoms with Gasteiger partial charge in [0.15, 0.2) is 0 Å². The van der Waals surface area contributed by atoms with Crippen LogP contribution >= 0.6 is 0 Å². The zero-order valence-corrected chi connectivity index (χ0v) is 23.3. The molecule has 212 valence electrons. The second-order valence-corrected chi connectivity index (χ2v) is 11.1. The van der Waals surface area contributed by atoms with Gasteiger partial charge >= 0.3 is 5.97 Å². The molecule has 6 rings (SSSR count). The van der Waals surface area contributed by atoms with E-state index in [-0.39, 0.29) is 18.5 Å². The lowest BCUT2D eigenvalue weighted by Gasteiger charge is -2.26. The number of anilines is 3. The van der Waals surface area contributed by atoms with E-state index in [9.17, 15) is 9.90 Å². The lowest BCUT2D eigenvalue weighted by atomic mass is 9.95. The molecule has 11 heteroatoms. The fourth-order valence-electron chi connectivity index (χ4n) is 5.33. The van der Waals surface area contributed by atoms with Crippen LogP contribution in [0.15, 0.2) is 59.1 Å². The minimum atomic E-state index is -0.727. The fourth-order valence-corrected chi connectivity index (χ4v) is 5.33. The van der Waals surface area contributed by atoms with Crippen LogP contribution < -0.4 is 10.6 Å². The van der Waals surface area contributed by atoms with Crippen molar-refractivity contribution in [1.29, 1.82) is 0 Å². The third-order valence-electron chi connectivity index (χ3n) is 7.72. The van der Waals surface area contributed by atoms with Gasteiger partial charge in [0.25, 0.3) is 5.89 Å². The molecule has 1 fully saturated rings. The van der Waals surface area contributed by atoms with E-state index in [0.717, 1.165) is 37.1 Å². The Balaban J connectivity index is 1.33. The SMILES string of the molecule is CN1CCC(c2nnc(-c3cnc(Nc4ccc5c(c4)C(C)(C)OC5=O)nc3N[C@H](CO)c3ccccc3)o2)CC1. The molecule has 2 aromatic heterocycles. The van der Waals surface area contributed by atoms with Gasteiger partial charge in [0, 0.05) is 23.4 Å². The standard InChI is InChI=1S/C30H33N7O4/c1-30(2)23-15-20(9-10-21(23)28(39)41-30)32-29-31-16-22(25(34-29)33-24(17-38)18-7-5-4-6-8-18)27-36-35-26(40-27)19-11-13-37(3)14-12-19/h4-10,15-16,19,24,38H,11-14,17H2,1-3H3,(H2,31,32,33,34)/t24-/m1/s1. The summed E-state index contributed by atoms with van der Waals surface area (Å²) in [4.78, 5) is 23.8. The first kappa shape index (κ1) is 26.9. The van der Waals surface area contributed by atoms with E-state index in [2.05, 4.69) is 37.8 Å². The average Bonchev–Trinajstić information content (AvgIpc) is 3.55. The third kappa shape index (κ3) is 5.50. The van der Waals surface area contributed by atoms with Crippen molar-refractivity contribution in [3.63, 3.8) is 0 Å². The normalized spacial score (nSPS) is 17.6. The van der Waals surface area contributed by atoms with Crippen LogP contribution in [0.1, 0.15) is 66.0 Å². The lowest BCUT2D eigenvalue weighted by Crippen LogP contribution is -2.29. The van der Waals surface area contributed by atoms with Gasteiger partial charge in [0.1, 0.15) is 11.4 Å². The summed E-state index contributed by atoms with van der Waals surface area (Å²) in [6.45, 7) is 5.52. The molecule has 0 saturated carbocycles. The fraction of sp³-hybridized carbons (Fsp3) is 0.367. The van der Waals surface area contributed by atoms with Crippen molar-refractivity contribution in [3.05, 3.63) is 77.3 Å². The highest BCUT2D eigenvalue weighted by molar-refractivity contribution is 5.95. The number of nitrogens with zero attached hydrogens (tertiary/aromatic N) is 5. The second-order valence-electron chi connectivity index (χ2n) is 11.1. The molecule has 2 aliphatic heterocycles. The molecule has 1 saturated heterocycles. The number of hydrogen-bond acceptors (Lipinski definition) is 11. The quantitative estimate of drug-likeness (QED) is 0.262. The van der Waals surface area contributed by atoms with Crippen LogP contribution in [0.5, 0.6) is 0 Å². The maximum atomic E-state index is 12.2. The number of hydrogen-bond donors (Lipinski definition) is 3. The molecule has 0 bridgehead atoms. The summed E-state index contributed by atoms with van der Waals surface area (Å²) in [6.07, 6.45) is 3.54. The number of carbonyl (C=O) groups excluding carboxylic acids is 1. The van der Waals surface area contributed by atoms with E-state index in [1.807, 2.05) is 50.2 Å². The summed E-state index contributed by atoms with van der Waals surface area (Å²) in [5.41, 5.74) is 2.75. The van der Waals surface area contributed by atoms with Gasteiger partial charge in [-0.1, -0.05) is 30.3 Å². The largest absolute Gasteiger partial charge is 0.451 e. The molecule has 0 radical (unpaired) electrons. The van der Waals surface area contributed by atoms with E-state index in [1.165, 1.54) is 0 Å². The maximum absolute atomic E-state index is 12.2. The van der Waals surface area contributed by atoms with Gasteiger partial charge < -0.3 is 29.8 Å². The topological polar surface area (TPSA) is 139 Å². The molecule has 0 spiro atoms. The Labute approximate surface area is 238 Å². The number of ether oxygens (including phenoxy) is 1. The van der Waals surface area contributed by atoms with Gasteiger partial charge in [-0.25, -0.2) is 9.78 Å². The Hall–Kier alpha value is -4.35. The molecule has 2 aromatic carbocycles. The highest BCUT2D eigenvalue weighted by atomic mass is 16.6. The van der Waals surface area contributed by atoms with Crippen LogP contribution in [0.2, 0.25) is 0 Å². The van der Waals surface area contributed by atoms with Gasteiger partial charge in [0.2, 0.25) is 11.8 Å². The molecule has 11 nitrogen and oxygen atoms in total. The monoisotopic (exact) mass is 555 g/mol. The van der Waals surface area contributed by atoms with Crippen LogP contribution in [-0.2, 0) is 10.3 Å². The number of nitrogens with one attached hydrogen (secondary N) is 2. The first-order valence-electron chi connectivity index (χ1n) is 13.8. The van der Waals surface area contributed by atoms with Gasteiger partial charge in [-0.3, -0.25) is 0 Å². The van der Waals surface area contributed by atoms with Crippen LogP contribution in [0.4, 0.5) is 17.5 Å². The van der Waals surface area contributed by atoms with E-state index < -0.39 is 11.6 Å². The number of cyclic esters (lactones) is 1. The number of aliphatic hydroxyl groups is 1. The van der Waals surface area contributed by atoms with Crippen LogP contribution in [0, 0.1) is 0 Å². The number of rotatable bonds is 8. The van der Waals surface area contributed by atoms with Crippen molar-refractivity contribution >= 4 is 23.4 Å². The van der Waals surface area contributed by atoms with Crippen molar-refractivity contribution in [1.82, 2.24) is 25.1 Å². The van der Waals surface area contributed by atoms with Crippen molar-refractivity contribution in [2.24, 2.45) is 0 Å². The number of esters is 1. The average molecular weight is 556 g/mol. The van der Waals surface area contributed by atoms with Gasteiger partial charge in [-0.05, 0) is 70.6 Å². The van der Waals surface area contributed by atoms with Crippen LogP contribution in [-0.4, -0.2) is 62.9 Å². The summed E-state index contributed by atoms with van der Waals surface area (Å²) in [6, 6.07) is 14.6. The first-order valence-corrected chi connectivity index (χ1v) is 13.8. The summed E-state index contributed by atoms with van der Waals surface area (Å²) in [5.74, 6) is 1.55. The lowest BCUT2D eigenvalue weighted by molar-refractivity contribution is 0.00954. The summed E-state index contributed by atoms with van der Waals surface area (Å²) >= 11 is 0. The molecule has 3 N–H and O–H groups in total. The Morgan fingerprint density at radius 1 is 1.10 bits per heavy atom. The van der Waals surface area contributed by atoms with Crippen molar-refractivity contribution in [2.45, 2.75) is 44.2 Å². The van der Waals surface area contributed by atoms with Gasteiger partial charge in [-0.2, -0.15) is 4.98 Å². The van der Waals surface area contributed by atoms with Gasteiger partial charge in [0.05, 0.1) is 23.8 Å². The van der Waals surface area contributed by atoms with Crippen LogP contribution in [0.3, 0.4) is 0 Å². The number of piperidine rings is 1. The number of carbonyl (C=O) groups is 1. The number of aliphatic hydroxyl groups excluding tert-OH is 1. The van der Waals surface area contributed by atoms with E-state index in [4.69, 9.17) is 14.1 Å². The van der Waals surface area contributed by atoms with Gasteiger partial charge in [-0.15, -0.1) is 10.2 Å². The predicted molar refractivity (Wildman–Crippen MR) is 153 cm³/mol. The Kier molecular flexibility index (Phi) is 7.14. The highest BCUT2D eigenvalue weighted by Crippen LogP contribution is 2.38. The molecule has 1 atom stereocenters. The third-order valence-corrected chi connectivity index (χ3v) is 7.72. The van der Waals surface area contributed by atoms with Crippen molar-refractivity contribution in [3.8, 4) is 11.5 Å². The summed E-state index contributed by atoms with van der Waals surface area (Å²) in [7, 11) is 2.11. The first-order chi connectivity index (χ1) is 19.8. The summed E-state index contributed by atoms with van der Waals surface area (Å²) < 4.78 is 11.7. The molecule has 0 amide bonds. The highest BCUT2D eigenvalue weighted by Gasteiger charge is 2.37. The number of fused-ring (bicyclic) bond motifs is 1. The van der Waals surface area contributed by atoms with Crippen molar-refractivity contribution < 1.29 is 19.1 Å². The second kappa shape index (κ2) is 10.9. The minimum absolute atomic E-state index is 0.158. The maximum Gasteiger partial charge on any atom is 0.339 e. The smallest absolute Gasteiger partial charge is 0.339 e. The molecule has 41 heavy (non-hydrogen) atoms. The molecular weight excluding hydrogens is 522 g/mol. The number of aromatic nitrogens is 4. The minimum Gasteiger partial charge on any atom is -0.451 e. The molecule has 0 unspecified atom stereocenters. The zero-order chi connectivity index (χ0) is 28.6. The molecule has 2 aliphatic rings. The number of likely N-dealkylation sites (tertiary alicyclic amines) is 1. The Morgan fingerprint density at radius 2 is 1.88 bits per heavy atom. The Bertz CT molecular complexity index is 1550. The van der Waals surface area contributed by atoms with E-state index in [0.29, 0.717) is 40.4 Å². The molecule has 4 aromatic rings. The zero-order valence-electron chi connectivity index (χ0n) is 23.3.